The minimum absolute atomic E-state index is 0.177. The Labute approximate surface area is 92.5 Å². The third kappa shape index (κ3) is 10.9. The molecule has 96 valence electrons. The molecule has 0 aromatic heterocycles. The first-order valence-electron chi connectivity index (χ1n) is 4.37. The smallest absolute Gasteiger partial charge is 0.321 e. The van der Waals surface area contributed by atoms with E-state index in [2.05, 4.69) is 0 Å². The summed E-state index contributed by atoms with van der Waals surface area (Å²) in [6, 6.07) is -1.29. The zero-order chi connectivity index (χ0) is 13.4. The van der Waals surface area contributed by atoms with Crippen molar-refractivity contribution in [2.45, 2.75) is 24.9 Å². The second-order valence-electron chi connectivity index (χ2n) is 3.51. The Hall–Kier alpha value is -1.22. The number of hydrogen-bond acceptors (Lipinski definition) is 6. The molecule has 8 heteroatoms. The minimum atomic E-state index is -1.29. The van der Waals surface area contributed by atoms with E-state index in [0.29, 0.717) is 0 Å². The van der Waals surface area contributed by atoms with Gasteiger partial charge in [0.2, 0.25) is 0 Å². The van der Waals surface area contributed by atoms with Crippen LogP contribution >= 0.6 is 0 Å². The van der Waals surface area contributed by atoms with Gasteiger partial charge in [-0.25, -0.2) is 0 Å². The number of aliphatic hydroxyl groups excluding tert-OH is 2. The molecule has 0 aromatic rings. The van der Waals surface area contributed by atoms with Crippen LogP contribution in [0.2, 0.25) is 0 Å². The van der Waals surface area contributed by atoms with Crippen LogP contribution < -0.4 is 11.5 Å². The normalized spacial score (nSPS) is 12.3. The Morgan fingerprint density at radius 3 is 1.69 bits per heavy atom. The third-order valence-corrected chi connectivity index (χ3v) is 1.43. The van der Waals surface area contributed by atoms with Crippen LogP contribution in [0.4, 0.5) is 0 Å². The van der Waals surface area contributed by atoms with Crippen LogP contribution in [0.15, 0.2) is 0 Å². The molecule has 1 atom stereocenters. The lowest BCUT2D eigenvalue weighted by atomic mass is 10.1. The van der Waals surface area contributed by atoms with Crippen molar-refractivity contribution in [1.29, 1.82) is 0 Å². The summed E-state index contributed by atoms with van der Waals surface area (Å²) in [5, 5.41) is 32.7. The van der Waals surface area contributed by atoms with Crippen molar-refractivity contribution in [3.8, 4) is 0 Å². The molecule has 0 radical (unpaired) electrons. The Kier molecular flexibility index (Phi) is 8.58. The summed E-state index contributed by atoms with van der Waals surface area (Å²) >= 11 is 0. The Morgan fingerprint density at radius 1 is 1.25 bits per heavy atom. The Bertz CT molecular complexity index is 225. The highest BCUT2D eigenvalue weighted by atomic mass is 16.4. The molecule has 0 saturated carbocycles. The molecule has 0 aromatic carbocycles. The Morgan fingerprint density at radius 2 is 1.62 bits per heavy atom. The molecule has 0 aliphatic carbocycles. The van der Waals surface area contributed by atoms with Crippen LogP contribution in [0.25, 0.3) is 0 Å². The van der Waals surface area contributed by atoms with Gasteiger partial charge < -0.3 is 31.9 Å². The van der Waals surface area contributed by atoms with Gasteiger partial charge in [0.25, 0.3) is 0 Å². The molecule has 8 N–H and O–H groups in total. The molecule has 0 unspecified atom stereocenters. The summed E-state index contributed by atoms with van der Waals surface area (Å²) in [6.45, 7) is 1.22. The topological polar surface area (TPSA) is 167 Å². The van der Waals surface area contributed by atoms with Crippen molar-refractivity contribution < 1.29 is 30.0 Å². The number of hydrogen-bond donors (Lipinski definition) is 6. The second-order valence-corrected chi connectivity index (χ2v) is 3.51. The molecular weight excluding hydrogens is 220 g/mol. The quantitative estimate of drug-likeness (QED) is 0.307. The van der Waals surface area contributed by atoms with Crippen molar-refractivity contribution in [2.24, 2.45) is 11.5 Å². The fourth-order valence-corrected chi connectivity index (χ4v) is 0.325. The van der Waals surface area contributed by atoms with Gasteiger partial charge in [0.05, 0.1) is 25.2 Å². The predicted molar refractivity (Wildman–Crippen MR) is 54.6 cm³/mol. The van der Waals surface area contributed by atoms with Crippen LogP contribution in [0.1, 0.15) is 13.3 Å². The van der Waals surface area contributed by atoms with Crippen molar-refractivity contribution in [1.82, 2.24) is 0 Å². The van der Waals surface area contributed by atoms with Gasteiger partial charge in [0.15, 0.2) is 0 Å². The third-order valence-electron chi connectivity index (χ3n) is 1.43. The van der Waals surface area contributed by atoms with E-state index < -0.39 is 29.9 Å². The summed E-state index contributed by atoms with van der Waals surface area (Å²) in [4.78, 5) is 19.6. The maximum atomic E-state index is 9.85. The fourth-order valence-electron chi connectivity index (χ4n) is 0.325. The number of carboxylic acids is 2. The van der Waals surface area contributed by atoms with Crippen molar-refractivity contribution in [2.75, 3.05) is 13.2 Å². The maximum absolute atomic E-state index is 9.85. The molecule has 0 spiro atoms. The molecular formula is C8H18N2O6. The van der Waals surface area contributed by atoms with Crippen LogP contribution in [0.3, 0.4) is 0 Å². The number of aliphatic hydroxyl groups is 2. The number of carbonyl (C=O) groups is 2. The number of rotatable bonds is 5. The van der Waals surface area contributed by atoms with E-state index in [0.717, 1.165) is 0 Å². The van der Waals surface area contributed by atoms with Crippen molar-refractivity contribution in [3.63, 3.8) is 0 Å². The van der Waals surface area contributed by atoms with Gasteiger partial charge in [-0.1, -0.05) is 0 Å². The second kappa shape index (κ2) is 7.99. The van der Waals surface area contributed by atoms with Gasteiger partial charge in [-0.15, -0.1) is 0 Å². The fraction of sp³-hybridized carbons (Fsp3) is 0.750. The molecule has 0 bridgehead atoms. The number of carboxylic acid groups (broad SMARTS) is 2. The first-order valence-corrected chi connectivity index (χ1v) is 4.37. The molecule has 0 saturated heterocycles. The largest absolute Gasteiger partial charge is 0.481 e. The van der Waals surface area contributed by atoms with Crippen molar-refractivity contribution >= 4 is 11.9 Å². The predicted octanol–water partition coefficient (Wildman–Crippen LogP) is -2.44. The standard InChI is InChI=1S/C4H7NO4.C4H11NO2/c5-2(4(8)9)1-3(6)7;1-4(5,2-6)3-7/h2H,1,5H2,(H,6,7)(H,8,9);6-7H,2-3,5H2,1H3/t2-;/m0./s1. The average Bonchev–Trinajstić information content (AvgIpc) is 2.17. The van der Waals surface area contributed by atoms with E-state index in [1.165, 1.54) is 0 Å². The lowest BCUT2D eigenvalue weighted by Crippen LogP contribution is -2.43. The summed E-state index contributed by atoms with van der Waals surface area (Å²) in [5.74, 6) is -2.50. The summed E-state index contributed by atoms with van der Waals surface area (Å²) in [5.41, 5.74) is 9.25. The molecule has 0 aliphatic heterocycles. The van der Waals surface area contributed by atoms with Crippen LogP contribution in [0, 0.1) is 0 Å². The zero-order valence-electron chi connectivity index (χ0n) is 8.96. The van der Waals surface area contributed by atoms with E-state index in [4.69, 9.17) is 31.9 Å². The minimum Gasteiger partial charge on any atom is -0.481 e. The Balaban J connectivity index is 0. The summed E-state index contributed by atoms with van der Waals surface area (Å²) < 4.78 is 0. The van der Waals surface area contributed by atoms with Gasteiger partial charge >= 0.3 is 11.9 Å². The monoisotopic (exact) mass is 238 g/mol. The lowest BCUT2D eigenvalue weighted by Gasteiger charge is -2.16. The average molecular weight is 238 g/mol. The van der Waals surface area contributed by atoms with Crippen molar-refractivity contribution in [3.05, 3.63) is 0 Å². The maximum Gasteiger partial charge on any atom is 0.321 e. The number of nitrogens with two attached hydrogens (primary N) is 2. The SMILES string of the molecule is CC(N)(CO)CO.N[C@@H](CC(=O)O)C(=O)O. The molecule has 16 heavy (non-hydrogen) atoms. The molecule has 0 rings (SSSR count). The highest BCUT2D eigenvalue weighted by molar-refractivity contribution is 5.80. The summed E-state index contributed by atoms with van der Waals surface area (Å²) in [6.07, 6.45) is -0.532. The summed E-state index contributed by atoms with van der Waals surface area (Å²) in [7, 11) is 0. The van der Waals surface area contributed by atoms with Crippen LogP contribution in [-0.4, -0.2) is 57.2 Å². The van der Waals surface area contributed by atoms with E-state index in [1.807, 2.05) is 0 Å². The van der Waals surface area contributed by atoms with Gasteiger partial charge in [0.1, 0.15) is 6.04 Å². The van der Waals surface area contributed by atoms with Gasteiger partial charge in [0, 0.05) is 0 Å². The lowest BCUT2D eigenvalue weighted by molar-refractivity contribution is -0.144. The molecule has 8 nitrogen and oxygen atoms in total. The van der Waals surface area contributed by atoms with Crippen LogP contribution in [0.5, 0.6) is 0 Å². The molecule has 0 aliphatic rings. The zero-order valence-corrected chi connectivity index (χ0v) is 8.96. The van der Waals surface area contributed by atoms with Gasteiger partial charge in [-0.2, -0.15) is 0 Å². The molecule has 0 fully saturated rings. The van der Waals surface area contributed by atoms with Gasteiger partial charge in [-0.3, -0.25) is 9.59 Å². The van der Waals surface area contributed by atoms with E-state index in [9.17, 15) is 9.59 Å². The molecule has 0 heterocycles. The molecule has 0 amide bonds. The van der Waals surface area contributed by atoms with E-state index in [1.54, 1.807) is 6.92 Å². The number of aliphatic carboxylic acids is 2. The highest BCUT2D eigenvalue weighted by Gasteiger charge is 2.14. The first-order chi connectivity index (χ1) is 7.16. The van der Waals surface area contributed by atoms with Gasteiger partial charge in [-0.05, 0) is 6.92 Å². The first kappa shape index (κ1) is 17.2. The van der Waals surface area contributed by atoms with E-state index >= 15 is 0 Å². The van der Waals surface area contributed by atoms with Crippen LogP contribution in [-0.2, 0) is 9.59 Å². The van der Waals surface area contributed by atoms with E-state index in [-0.39, 0.29) is 13.2 Å². The highest BCUT2D eigenvalue weighted by Crippen LogP contribution is 1.91.